The fourth-order valence-corrected chi connectivity index (χ4v) is 3.61. The van der Waals surface area contributed by atoms with Crippen molar-refractivity contribution in [3.05, 3.63) is 41.0 Å². The molecule has 2 aromatic rings. The van der Waals surface area contributed by atoms with E-state index < -0.39 is 0 Å². The van der Waals surface area contributed by atoms with Gasteiger partial charge in [-0.05, 0) is 28.1 Å². The average Bonchev–Trinajstić information content (AvgIpc) is 3.07. The molecule has 5 nitrogen and oxygen atoms in total. The Balaban J connectivity index is 1.46. The highest BCUT2D eigenvalue weighted by Gasteiger charge is 2.41. The number of rotatable bonds is 2. The molecule has 0 N–H and O–H groups in total. The molecule has 0 radical (unpaired) electrons. The normalized spacial score (nSPS) is 23.9. The van der Waals surface area contributed by atoms with E-state index in [-0.39, 0.29) is 5.82 Å². The highest BCUT2D eigenvalue weighted by molar-refractivity contribution is 9.10. The minimum atomic E-state index is -0.240. The number of halogens is 2. The van der Waals surface area contributed by atoms with Crippen LogP contribution in [0, 0.1) is 17.7 Å². The van der Waals surface area contributed by atoms with Gasteiger partial charge in [0.2, 0.25) is 5.95 Å². The summed E-state index contributed by atoms with van der Waals surface area (Å²) in [5, 5.41) is 0. The van der Waals surface area contributed by atoms with Crippen molar-refractivity contribution in [1.29, 1.82) is 0 Å². The summed E-state index contributed by atoms with van der Waals surface area (Å²) >= 11 is 3.35. The zero-order valence-corrected chi connectivity index (χ0v) is 13.4. The standard InChI is InChI=1S/C15H15BrFN5/c16-12-4-19-15(20-5-12)22-8-10-6-21(7-11(10)9-22)14-13(17)2-1-3-18-14/h1-5,10-11H,6-9H2. The van der Waals surface area contributed by atoms with E-state index in [0.29, 0.717) is 17.7 Å². The van der Waals surface area contributed by atoms with Crippen molar-refractivity contribution in [2.45, 2.75) is 0 Å². The fraction of sp³-hybridized carbons (Fsp3) is 0.400. The summed E-state index contributed by atoms with van der Waals surface area (Å²) in [5.74, 6) is 2.02. The molecule has 2 atom stereocenters. The molecule has 0 amide bonds. The minimum absolute atomic E-state index is 0.240. The van der Waals surface area contributed by atoms with Crippen LogP contribution in [-0.4, -0.2) is 41.1 Å². The number of nitrogens with zero attached hydrogens (tertiary/aromatic N) is 5. The van der Waals surface area contributed by atoms with Crippen molar-refractivity contribution in [1.82, 2.24) is 15.0 Å². The van der Waals surface area contributed by atoms with E-state index in [9.17, 15) is 4.39 Å². The van der Waals surface area contributed by atoms with Crippen LogP contribution in [0.2, 0.25) is 0 Å². The van der Waals surface area contributed by atoms with E-state index in [1.54, 1.807) is 24.7 Å². The number of anilines is 2. The maximum absolute atomic E-state index is 13.9. The Bertz CT molecular complexity index is 666. The summed E-state index contributed by atoms with van der Waals surface area (Å²) in [5.41, 5.74) is 0. The third-order valence-electron chi connectivity index (χ3n) is 4.41. The first kappa shape index (κ1) is 13.9. The molecule has 114 valence electrons. The number of hydrogen-bond donors (Lipinski definition) is 0. The van der Waals surface area contributed by atoms with Crippen molar-refractivity contribution < 1.29 is 4.39 Å². The van der Waals surface area contributed by atoms with E-state index >= 15 is 0 Å². The van der Waals surface area contributed by atoms with Crippen LogP contribution in [0.3, 0.4) is 0 Å². The van der Waals surface area contributed by atoms with Gasteiger partial charge in [0.1, 0.15) is 0 Å². The predicted molar refractivity (Wildman–Crippen MR) is 85.3 cm³/mol. The number of hydrogen-bond acceptors (Lipinski definition) is 5. The molecular weight excluding hydrogens is 349 g/mol. The van der Waals surface area contributed by atoms with Crippen molar-refractivity contribution in [2.75, 3.05) is 36.0 Å². The second-order valence-electron chi connectivity index (χ2n) is 5.84. The van der Waals surface area contributed by atoms with Gasteiger partial charge < -0.3 is 9.80 Å². The minimum Gasteiger partial charge on any atom is -0.353 e. The molecule has 2 aliphatic heterocycles. The summed E-state index contributed by atoms with van der Waals surface area (Å²) in [7, 11) is 0. The lowest BCUT2D eigenvalue weighted by molar-refractivity contribution is 0.533. The maximum atomic E-state index is 13.9. The summed E-state index contributed by atoms with van der Waals surface area (Å²) < 4.78 is 14.7. The zero-order chi connectivity index (χ0) is 15.1. The van der Waals surface area contributed by atoms with Crippen LogP contribution in [0.1, 0.15) is 0 Å². The van der Waals surface area contributed by atoms with E-state index in [4.69, 9.17) is 0 Å². The van der Waals surface area contributed by atoms with Crippen LogP contribution in [0.25, 0.3) is 0 Å². The van der Waals surface area contributed by atoms with Gasteiger partial charge in [-0.1, -0.05) is 0 Å². The van der Waals surface area contributed by atoms with Crippen LogP contribution >= 0.6 is 15.9 Å². The molecule has 7 heteroatoms. The molecule has 4 heterocycles. The lowest BCUT2D eigenvalue weighted by Crippen LogP contribution is -2.30. The van der Waals surface area contributed by atoms with Crippen molar-refractivity contribution in [3.8, 4) is 0 Å². The number of fused-ring (bicyclic) bond motifs is 1. The topological polar surface area (TPSA) is 45.2 Å². The third-order valence-corrected chi connectivity index (χ3v) is 4.82. The van der Waals surface area contributed by atoms with Gasteiger partial charge in [0.15, 0.2) is 11.6 Å². The van der Waals surface area contributed by atoms with Crippen molar-refractivity contribution in [3.63, 3.8) is 0 Å². The Morgan fingerprint density at radius 2 is 1.64 bits per heavy atom. The van der Waals surface area contributed by atoms with Crippen LogP contribution < -0.4 is 9.80 Å². The Morgan fingerprint density at radius 3 is 2.27 bits per heavy atom. The molecule has 2 aromatic heterocycles. The first-order chi connectivity index (χ1) is 10.7. The summed E-state index contributed by atoms with van der Waals surface area (Å²) in [4.78, 5) is 17.2. The largest absolute Gasteiger partial charge is 0.353 e. The lowest BCUT2D eigenvalue weighted by atomic mass is 10.0. The van der Waals surface area contributed by atoms with Gasteiger partial charge in [-0.15, -0.1) is 0 Å². The third kappa shape index (κ3) is 2.43. The van der Waals surface area contributed by atoms with Crippen molar-refractivity contribution >= 4 is 27.7 Å². The summed E-state index contributed by atoms with van der Waals surface area (Å²) in [6.45, 7) is 3.51. The molecule has 0 bridgehead atoms. The van der Waals surface area contributed by atoms with E-state index in [2.05, 4.69) is 40.7 Å². The number of pyridine rings is 1. The molecule has 2 aliphatic rings. The molecule has 0 aliphatic carbocycles. The highest BCUT2D eigenvalue weighted by Crippen LogP contribution is 2.35. The van der Waals surface area contributed by atoms with Gasteiger partial charge >= 0.3 is 0 Å². The molecule has 4 rings (SSSR count). The molecule has 0 spiro atoms. The van der Waals surface area contributed by atoms with E-state index in [0.717, 1.165) is 36.6 Å². The maximum Gasteiger partial charge on any atom is 0.225 e. The monoisotopic (exact) mass is 363 g/mol. The fourth-order valence-electron chi connectivity index (χ4n) is 3.41. The number of aromatic nitrogens is 3. The zero-order valence-electron chi connectivity index (χ0n) is 11.9. The van der Waals surface area contributed by atoms with Gasteiger partial charge in [0.05, 0.1) is 4.47 Å². The quantitative estimate of drug-likeness (QED) is 0.819. The van der Waals surface area contributed by atoms with Crippen LogP contribution in [0.15, 0.2) is 35.2 Å². The highest BCUT2D eigenvalue weighted by atomic mass is 79.9. The second-order valence-corrected chi connectivity index (χ2v) is 6.76. The Labute approximate surface area is 136 Å². The molecule has 0 aromatic carbocycles. The molecule has 2 saturated heterocycles. The molecule has 2 fully saturated rings. The van der Waals surface area contributed by atoms with Gasteiger partial charge in [-0.2, -0.15) is 0 Å². The lowest BCUT2D eigenvalue weighted by Gasteiger charge is -2.22. The average molecular weight is 364 g/mol. The summed E-state index contributed by atoms with van der Waals surface area (Å²) in [6.07, 6.45) is 5.19. The van der Waals surface area contributed by atoms with Gasteiger partial charge in [0, 0.05) is 56.6 Å². The van der Waals surface area contributed by atoms with Crippen LogP contribution in [-0.2, 0) is 0 Å². The molecule has 0 saturated carbocycles. The Hall–Kier alpha value is -1.76. The van der Waals surface area contributed by atoms with E-state index in [1.165, 1.54) is 6.07 Å². The summed E-state index contributed by atoms with van der Waals surface area (Å²) in [6, 6.07) is 3.10. The first-order valence-electron chi connectivity index (χ1n) is 7.28. The van der Waals surface area contributed by atoms with Crippen LogP contribution in [0.5, 0.6) is 0 Å². The molecule has 22 heavy (non-hydrogen) atoms. The predicted octanol–water partition coefficient (Wildman–Crippen LogP) is 2.35. The second kappa shape index (κ2) is 5.46. The SMILES string of the molecule is Fc1cccnc1N1CC2CN(c3ncc(Br)cn3)CC2C1. The van der Waals surface area contributed by atoms with Crippen LogP contribution in [0.4, 0.5) is 16.2 Å². The first-order valence-corrected chi connectivity index (χ1v) is 8.08. The molecular formula is C15H15BrFN5. The Kier molecular flexibility index (Phi) is 3.44. The smallest absolute Gasteiger partial charge is 0.225 e. The molecule has 2 unspecified atom stereocenters. The Morgan fingerprint density at radius 1 is 1.00 bits per heavy atom. The van der Waals surface area contributed by atoms with Gasteiger partial charge in [-0.3, -0.25) is 0 Å². The van der Waals surface area contributed by atoms with Crippen molar-refractivity contribution in [2.24, 2.45) is 11.8 Å². The van der Waals surface area contributed by atoms with E-state index in [1.807, 2.05) is 0 Å². The van der Waals surface area contributed by atoms with Gasteiger partial charge in [0.25, 0.3) is 0 Å². The van der Waals surface area contributed by atoms with Gasteiger partial charge in [-0.25, -0.2) is 19.3 Å².